The van der Waals surface area contributed by atoms with Gasteiger partial charge in [0.15, 0.2) is 0 Å². The van der Waals surface area contributed by atoms with Gasteiger partial charge in [0, 0.05) is 13.2 Å². The molecule has 0 aromatic rings. The van der Waals surface area contributed by atoms with E-state index in [1.807, 2.05) is 0 Å². The molecule has 5 heteroatoms. The minimum absolute atomic E-state index is 0. The van der Waals surface area contributed by atoms with Gasteiger partial charge in [0.2, 0.25) is 5.91 Å². The van der Waals surface area contributed by atoms with Gasteiger partial charge >= 0.3 is 0 Å². The summed E-state index contributed by atoms with van der Waals surface area (Å²) in [6.45, 7) is 1.87. The number of halogens is 1. The second kappa shape index (κ2) is 7.12. The molecule has 1 heterocycles. The smallest absolute Gasteiger partial charge is 0.234 e. The normalized spacial score (nSPS) is 20.8. The van der Waals surface area contributed by atoms with Crippen LogP contribution in [0.5, 0.6) is 0 Å². The molecule has 0 spiro atoms. The van der Waals surface area contributed by atoms with Crippen LogP contribution in [0.1, 0.15) is 12.8 Å². The second-order valence-electron chi connectivity index (χ2n) is 2.97. The van der Waals surface area contributed by atoms with Crippen molar-refractivity contribution in [2.24, 2.45) is 0 Å². The SMILES string of the molecule is CNCC(=O)NCC1CCCO1.Cl. The number of carbonyl (C=O) groups is 1. The van der Waals surface area contributed by atoms with Gasteiger partial charge in [-0.1, -0.05) is 0 Å². The highest BCUT2D eigenvalue weighted by atomic mass is 35.5. The van der Waals surface area contributed by atoms with Gasteiger partial charge in [0.25, 0.3) is 0 Å². The molecular formula is C8H17ClN2O2. The Hall–Kier alpha value is -0.320. The minimum atomic E-state index is 0. The van der Waals surface area contributed by atoms with Gasteiger partial charge in [-0.25, -0.2) is 0 Å². The number of nitrogens with one attached hydrogen (secondary N) is 2. The van der Waals surface area contributed by atoms with Crippen molar-refractivity contribution >= 4 is 18.3 Å². The lowest BCUT2D eigenvalue weighted by atomic mass is 10.2. The quantitative estimate of drug-likeness (QED) is 0.680. The van der Waals surface area contributed by atoms with E-state index >= 15 is 0 Å². The number of ether oxygens (including phenoxy) is 1. The van der Waals surface area contributed by atoms with Crippen molar-refractivity contribution < 1.29 is 9.53 Å². The van der Waals surface area contributed by atoms with Crippen LogP contribution in [0.4, 0.5) is 0 Å². The van der Waals surface area contributed by atoms with E-state index in [9.17, 15) is 4.79 Å². The first-order chi connectivity index (χ1) is 5.83. The molecule has 1 atom stereocenters. The van der Waals surface area contributed by atoms with Crippen molar-refractivity contribution in [3.63, 3.8) is 0 Å². The van der Waals surface area contributed by atoms with Gasteiger partial charge in [0.05, 0.1) is 12.6 Å². The molecule has 0 aliphatic carbocycles. The molecule has 1 saturated heterocycles. The molecule has 1 fully saturated rings. The van der Waals surface area contributed by atoms with Crippen LogP contribution < -0.4 is 10.6 Å². The highest BCUT2D eigenvalue weighted by Gasteiger charge is 2.15. The molecule has 0 aromatic heterocycles. The fraction of sp³-hybridized carbons (Fsp3) is 0.875. The van der Waals surface area contributed by atoms with E-state index in [1.165, 1.54) is 0 Å². The highest BCUT2D eigenvalue weighted by Crippen LogP contribution is 2.10. The summed E-state index contributed by atoms with van der Waals surface area (Å²) in [6, 6.07) is 0. The van der Waals surface area contributed by atoms with E-state index in [0.29, 0.717) is 13.1 Å². The standard InChI is InChI=1S/C8H16N2O2.ClH/c1-9-6-8(11)10-5-7-3-2-4-12-7;/h7,9H,2-6H2,1H3,(H,10,11);1H. The van der Waals surface area contributed by atoms with Crippen LogP contribution in [0, 0.1) is 0 Å². The Morgan fingerprint density at radius 1 is 1.62 bits per heavy atom. The van der Waals surface area contributed by atoms with E-state index < -0.39 is 0 Å². The lowest BCUT2D eigenvalue weighted by Crippen LogP contribution is -2.36. The summed E-state index contributed by atoms with van der Waals surface area (Å²) in [5, 5.41) is 5.59. The summed E-state index contributed by atoms with van der Waals surface area (Å²) in [5.74, 6) is 0.0352. The maximum atomic E-state index is 11.0. The molecule has 78 valence electrons. The summed E-state index contributed by atoms with van der Waals surface area (Å²) in [4.78, 5) is 11.0. The van der Waals surface area contributed by atoms with Crippen LogP contribution >= 0.6 is 12.4 Å². The lowest BCUT2D eigenvalue weighted by Gasteiger charge is -2.10. The maximum Gasteiger partial charge on any atom is 0.234 e. The third kappa shape index (κ3) is 5.08. The van der Waals surface area contributed by atoms with E-state index in [-0.39, 0.29) is 24.4 Å². The minimum Gasteiger partial charge on any atom is -0.376 e. The average molecular weight is 209 g/mol. The predicted molar refractivity (Wildman–Crippen MR) is 53.2 cm³/mol. The zero-order valence-electron chi connectivity index (χ0n) is 7.84. The van der Waals surface area contributed by atoms with Crippen molar-refractivity contribution in [2.75, 3.05) is 26.7 Å². The zero-order chi connectivity index (χ0) is 8.81. The number of hydrogen-bond donors (Lipinski definition) is 2. The molecule has 0 bridgehead atoms. The number of rotatable bonds is 4. The summed E-state index contributed by atoms with van der Waals surface area (Å²) in [6.07, 6.45) is 2.43. The molecular weight excluding hydrogens is 192 g/mol. The van der Waals surface area contributed by atoms with Gasteiger partial charge in [-0.05, 0) is 19.9 Å². The van der Waals surface area contributed by atoms with Crippen molar-refractivity contribution in [3.8, 4) is 0 Å². The van der Waals surface area contributed by atoms with Crippen LogP contribution in [-0.4, -0.2) is 38.8 Å². The Labute approximate surface area is 84.8 Å². The average Bonchev–Trinajstić information content (AvgIpc) is 2.53. The molecule has 4 nitrogen and oxygen atoms in total. The molecule has 1 rings (SSSR count). The fourth-order valence-electron chi connectivity index (χ4n) is 1.26. The Bertz CT molecular complexity index is 149. The summed E-state index contributed by atoms with van der Waals surface area (Å²) in [5.41, 5.74) is 0. The van der Waals surface area contributed by atoms with Crippen molar-refractivity contribution in [1.82, 2.24) is 10.6 Å². The largest absolute Gasteiger partial charge is 0.376 e. The zero-order valence-corrected chi connectivity index (χ0v) is 8.65. The number of amides is 1. The van der Waals surface area contributed by atoms with Crippen molar-refractivity contribution in [1.29, 1.82) is 0 Å². The second-order valence-corrected chi connectivity index (χ2v) is 2.97. The molecule has 1 aliphatic rings. The van der Waals surface area contributed by atoms with Gasteiger partial charge in [0.1, 0.15) is 0 Å². The third-order valence-electron chi connectivity index (χ3n) is 1.89. The van der Waals surface area contributed by atoms with Crippen LogP contribution in [0.3, 0.4) is 0 Å². The van der Waals surface area contributed by atoms with Crippen molar-refractivity contribution in [3.05, 3.63) is 0 Å². The van der Waals surface area contributed by atoms with E-state index in [2.05, 4.69) is 10.6 Å². The molecule has 0 radical (unpaired) electrons. The third-order valence-corrected chi connectivity index (χ3v) is 1.89. The molecule has 1 aliphatic heterocycles. The Balaban J connectivity index is 0.00000144. The first-order valence-electron chi connectivity index (χ1n) is 4.36. The first-order valence-corrected chi connectivity index (χ1v) is 4.36. The number of hydrogen-bond acceptors (Lipinski definition) is 3. The van der Waals surface area contributed by atoms with Gasteiger partial charge in [-0.2, -0.15) is 0 Å². The lowest BCUT2D eigenvalue weighted by molar-refractivity contribution is -0.120. The number of likely N-dealkylation sites (N-methyl/N-ethyl adjacent to an activating group) is 1. The van der Waals surface area contributed by atoms with Gasteiger partial charge in [-0.3, -0.25) is 4.79 Å². The van der Waals surface area contributed by atoms with E-state index in [1.54, 1.807) is 7.05 Å². The van der Waals surface area contributed by atoms with Crippen LogP contribution in [0.25, 0.3) is 0 Å². The molecule has 1 unspecified atom stereocenters. The molecule has 0 aromatic carbocycles. The van der Waals surface area contributed by atoms with E-state index in [0.717, 1.165) is 19.4 Å². The Morgan fingerprint density at radius 2 is 2.38 bits per heavy atom. The molecule has 2 N–H and O–H groups in total. The summed E-state index contributed by atoms with van der Waals surface area (Å²) in [7, 11) is 1.76. The van der Waals surface area contributed by atoms with E-state index in [4.69, 9.17) is 4.74 Å². The van der Waals surface area contributed by atoms with Gasteiger partial charge < -0.3 is 15.4 Å². The van der Waals surface area contributed by atoms with Crippen LogP contribution in [0.2, 0.25) is 0 Å². The molecule has 1 amide bonds. The predicted octanol–water partition coefficient (Wildman–Crippen LogP) is -0.0772. The highest BCUT2D eigenvalue weighted by molar-refractivity contribution is 5.85. The Kier molecular flexibility index (Phi) is 6.94. The van der Waals surface area contributed by atoms with Crippen LogP contribution in [-0.2, 0) is 9.53 Å². The van der Waals surface area contributed by atoms with Gasteiger partial charge in [-0.15, -0.1) is 12.4 Å². The maximum absolute atomic E-state index is 11.0. The summed E-state index contributed by atoms with van der Waals surface area (Å²) >= 11 is 0. The van der Waals surface area contributed by atoms with Crippen LogP contribution in [0.15, 0.2) is 0 Å². The van der Waals surface area contributed by atoms with Crippen molar-refractivity contribution in [2.45, 2.75) is 18.9 Å². The monoisotopic (exact) mass is 208 g/mol. The topological polar surface area (TPSA) is 50.4 Å². The Morgan fingerprint density at radius 3 is 2.92 bits per heavy atom. The fourth-order valence-corrected chi connectivity index (χ4v) is 1.26. The first kappa shape index (κ1) is 12.7. The summed E-state index contributed by atoms with van der Waals surface area (Å²) < 4.78 is 5.35. The molecule has 0 saturated carbocycles. The number of carbonyl (C=O) groups excluding carboxylic acids is 1. The molecule has 13 heavy (non-hydrogen) atoms.